The summed E-state index contributed by atoms with van der Waals surface area (Å²) in [5.41, 5.74) is 5.52. The molecule has 0 fully saturated rings. The van der Waals surface area contributed by atoms with Crippen molar-refractivity contribution in [1.29, 1.82) is 0 Å². The van der Waals surface area contributed by atoms with Crippen molar-refractivity contribution in [2.24, 2.45) is 11.1 Å². The molecule has 1 aromatic rings. The second-order valence-electron chi connectivity index (χ2n) is 4.58. The minimum Gasteiger partial charge on any atom is -0.323 e. The van der Waals surface area contributed by atoms with Gasteiger partial charge in [-0.1, -0.05) is 26.8 Å². The maximum absolute atomic E-state index is 13.5. The fraction of sp³-hybridized carbons (Fsp3) is 0.500. The Morgan fingerprint density at radius 3 is 2.25 bits per heavy atom. The van der Waals surface area contributed by atoms with E-state index in [1.54, 1.807) is 0 Å². The molecule has 0 aliphatic heterocycles. The van der Waals surface area contributed by atoms with Crippen LogP contribution in [0.3, 0.4) is 0 Å². The lowest BCUT2D eigenvalue weighted by atomic mass is 9.79. The summed E-state index contributed by atoms with van der Waals surface area (Å²) in [5.74, 6) is -3.84. The van der Waals surface area contributed by atoms with Gasteiger partial charge in [0, 0.05) is 11.6 Å². The predicted molar refractivity (Wildman–Crippen MR) is 57.3 cm³/mol. The Bertz CT molecular complexity index is 388. The van der Waals surface area contributed by atoms with Gasteiger partial charge in [0.2, 0.25) is 0 Å². The molecule has 1 rings (SSSR count). The summed E-state index contributed by atoms with van der Waals surface area (Å²) in [7, 11) is 0. The highest BCUT2D eigenvalue weighted by Gasteiger charge is 2.29. The van der Waals surface area contributed by atoms with E-state index in [1.807, 2.05) is 20.8 Å². The summed E-state index contributed by atoms with van der Waals surface area (Å²) in [6.45, 7) is 5.63. The molecule has 1 aromatic carbocycles. The highest BCUT2D eigenvalue weighted by atomic mass is 19.2. The van der Waals surface area contributed by atoms with Crippen LogP contribution in [-0.2, 0) is 0 Å². The lowest BCUT2D eigenvalue weighted by Gasteiger charge is -2.31. The van der Waals surface area contributed by atoms with Crippen molar-refractivity contribution < 1.29 is 13.2 Å². The van der Waals surface area contributed by atoms with Gasteiger partial charge in [-0.2, -0.15) is 0 Å². The molecule has 0 amide bonds. The Balaban J connectivity index is 3.20. The fourth-order valence-electron chi connectivity index (χ4n) is 1.42. The molecule has 0 saturated heterocycles. The molecule has 0 spiro atoms. The number of nitrogens with two attached hydrogens (primary N) is 1. The Morgan fingerprint density at radius 1 is 1.19 bits per heavy atom. The van der Waals surface area contributed by atoms with E-state index in [-0.39, 0.29) is 11.0 Å². The molecular formula is C12H16F3N. The summed E-state index contributed by atoms with van der Waals surface area (Å²) in [5, 5.41) is 0. The summed E-state index contributed by atoms with van der Waals surface area (Å²) < 4.78 is 39.3. The zero-order valence-corrected chi connectivity index (χ0v) is 9.65. The van der Waals surface area contributed by atoms with E-state index in [1.165, 1.54) is 6.07 Å². The van der Waals surface area contributed by atoms with Crippen LogP contribution in [0.15, 0.2) is 12.1 Å². The Hall–Kier alpha value is -1.03. The van der Waals surface area contributed by atoms with Crippen LogP contribution >= 0.6 is 0 Å². The van der Waals surface area contributed by atoms with E-state index < -0.39 is 23.5 Å². The lowest BCUT2D eigenvalue weighted by molar-refractivity contribution is 0.269. The largest absolute Gasteiger partial charge is 0.323 e. The third-order valence-electron chi connectivity index (χ3n) is 3.15. The smallest absolute Gasteiger partial charge is 0.194 e. The van der Waals surface area contributed by atoms with E-state index in [0.29, 0.717) is 6.42 Å². The topological polar surface area (TPSA) is 26.0 Å². The molecule has 1 atom stereocenters. The van der Waals surface area contributed by atoms with Crippen molar-refractivity contribution in [3.8, 4) is 0 Å². The van der Waals surface area contributed by atoms with Gasteiger partial charge in [0.1, 0.15) is 0 Å². The Kier molecular flexibility index (Phi) is 3.63. The predicted octanol–water partition coefficient (Wildman–Crippen LogP) is 3.54. The standard InChI is InChI=1S/C12H16F3N/c1-4-12(2,3)11(16)7-5-6-8(13)10(15)9(7)14/h5-6,11H,4,16H2,1-3H3. The minimum absolute atomic E-state index is 0.0192. The zero-order valence-electron chi connectivity index (χ0n) is 9.65. The highest BCUT2D eigenvalue weighted by Crippen LogP contribution is 2.35. The van der Waals surface area contributed by atoms with Gasteiger partial charge in [-0.25, -0.2) is 13.2 Å². The van der Waals surface area contributed by atoms with E-state index in [0.717, 1.165) is 6.07 Å². The molecule has 90 valence electrons. The molecular weight excluding hydrogens is 215 g/mol. The molecule has 4 heteroatoms. The van der Waals surface area contributed by atoms with Crippen molar-refractivity contribution in [2.45, 2.75) is 33.2 Å². The summed E-state index contributed by atoms with van der Waals surface area (Å²) in [6.07, 6.45) is 0.715. The molecule has 1 nitrogen and oxygen atoms in total. The number of hydrogen-bond donors (Lipinski definition) is 1. The van der Waals surface area contributed by atoms with Crippen molar-refractivity contribution in [3.63, 3.8) is 0 Å². The second kappa shape index (κ2) is 4.45. The van der Waals surface area contributed by atoms with Crippen molar-refractivity contribution in [2.75, 3.05) is 0 Å². The molecule has 0 aliphatic carbocycles. The lowest BCUT2D eigenvalue weighted by Crippen LogP contribution is -2.29. The van der Waals surface area contributed by atoms with Crippen LogP contribution in [0.1, 0.15) is 38.8 Å². The molecule has 2 N–H and O–H groups in total. The van der Waals surface area contributed by atoms with Crippen molar-refractivity contribution >= 4 is 0 Å². The summed E-state index contributed by atoms with van der Waals surface area (Å²) in [6, 6.07) is 1.45. The first-order valence-corrected chi connectivity index (χ1v) is 5.20. The Morgan fingerprint density at radius 2 is 1.75 bits per heavy atom. The first-order valence-electron chi connectivity index (χ1n) is 5.20. The van der Waals surface area contributed by atoms with E-state index in [2.05, 4.69) is 0 Å². The number of rotatable bonds is 3. The first-order chi connectivity index (χ1) is 7.31. The van der Waals surface area contributed by atoms with Crippen LogP contribution in [-0.4, -0.2) is 0 Å². The van der Waals surface area contributed by atoms with Crippen LogP contribution in [0.4, 0.5) is 13.2 Å². The van der Waals surface area contributed by atoms with Gasteiger partial charge in [-0.15, -0.1) is 0 Å². The zero-order chi connectivity index (χ0) is 12.5. The van der Waals surface area contributed by atoms with Crippen LogP contribution in [0, 0.1) is 22.9 Å². The SMILES string of the molecule is CCC(C)(C)C(N)c1ccc(F)c(F)c1F. The van der Waals surface area contributed by atoms with Crippen molar-refractivity contribution in [1.82, 2.24) is 0 Å². The van der Waals surface area contributed by atoms with E-state index in [9.17, 15) is 13.2 Å². The summed E-state index contributed by atoms with van der Waals surface area (Å²) >= 11 is 0. The fourth-order valence-corrected chi connectivity index (χ4v) is 1.42. The molecule has 0 heterocycles. The van der Waals surface area contributed by atoms with Gasteiger partial charge >= 0.3 is 0 Å². The van der Waals surface area contributed by atoms with Gasteiger partial charge in [0.25, 0.3) is 0 Å². The first kappa shape index (κ1) is 13.0. The normalized spacial score (nSPS) is 13.9. The monoisotopic (exact) mass is 231 g/mol. The van der Waals surface area contributed by atoms with Gasteiger partial charge in [0.05, 0.1) is 0 Å². The maximum Gasteiger partial charge on any atom is 0.194 e. The molecule has 0 bridgehead atoms. The van der Waals surface area contributed by atoms with Gasteiger partial charge in [-0.05, 0) is 17.9 Å². The third-order valence-corrected chi connectivity index (χ3v) is 3.15. The second-order valence-corrected chi connectivity index (χ2v) is 4.58. The maximum atomic E-state index is 13.5. The number of hydrogen-bond acceptors (Lipinski definition) is 1. The molecule has 0 radical (unpaired) electrons. The molecule has 1 unspecified atom stereocenters. The Labute approximate surface area is 93.5 Å². The third kappa shape index (κ3) is 2.21. The van der Waals surface area contributed by atoms with E-state index in [4.69, 9.17) is 5.73 Å². The number of benzene rings is 1. The van der Waals surface area contributed by atoms with Gasteiger partial charge < -0.3 is 5.73 Å². The molecule has 16 heavy (non-hydrogen) atoms. The van der Waals surface area contributed by atoms with Gasteiger partial charge in [-0.3, -0.25) is 0 Å². The van der Waals surface area contributed by atoms with Gasteiger partial charge in [0.15, 0.2) is 17.5 Å². The molecule has 0 aliphatic rings. The van der Waals surface area contributed by atoms with Crippen LogP contribution in [0.25, 0.3) is 0 Å². The highest BCUT2D eigenvalue weighted by molar-refractivity contribution is 5.24. The quantitative estimate of drug-likeness (QED) is 0.791. The minimum atomic E-state index is -1.46. The molecule has 0 aromatic heterocycles. The van der Waals surface area contributed by atoms with Crippen LogP contribution in [0.5, 0.6) is 0 Å². The molecule has 0 saturated carbocycles. The van der Waals surface area contributed by atoms with Crippen LogP contribution < -0.4 is 5.73 Å². The van der Waals surface area contributed by atoms with E-state index >= 15 is 0 Å². The number of halogens is 3. The van der Waals surface area contributed by atoms with Crippen LogP contribution in [0.2, 0.25) is 0 Å². The average Bonchev–Trinajstić information content (AvgIpc) is 2.25. The van der Waals surface area contributed by atoms with Crippen molar-refractivity contribution in [3.05, 3.63) is 35.1 Å². The average molecular weight is 231 g/mol. The summed E-state index contributed by atoms with van der Waals surface area (Å²) in [4.78, 5) is 0.